The molecule has 4 heteroatoms. The molecule has 2 aromatic carbocycles. The second-order valence-corrected chi connectivity index (χ2v) is 2.87. The highest BCUT2D eigenvalue weighted by molar-refractivity contribution is 5.18. The molecule has 1 nitrogen and oxygen atoms in total. The monoisotopic (exact) mass is 226 g/mol. The molecule has 0 spiro atoms. The molecule has 0 saturated heterocycles. The molecule has 0 bridgehead atoms. The molecule has 0 heterocycles. The normalized spacial score (nSPS) is 9.19. The number of rotatable bonds is 0. The number of phenols is 1. The minimum atomic E-state index is -1.42. The van der Waals surface area contributed by atoms with E-state index in [-0.39, 0.29) is 0 Å². The molecule has 2 rings (SSSR count). The van der Waals surface area contributed by atoms with Crippen molar-refractivity contribution in [2.24, 2.45) is 0 Å². The summed E-state index contributed by atoms with van der Waals surface area (Å²) >= 11 is 0. The summed E-state index contributed by atoms with van der Waals surface area (Å²) in [6.07, 6.45) is 0. The summed E-state index contributed by atoms with van der Waals surface area (Å²) in [6.45, 7) is 0. The topological polar surface area (TPSA) is 20.2 Å². The van der Waals surface area contributed by atoms with Gasteiger partial charge in [-0.1, -0.05) is 24.3 Å². The van der Waals surface area contributed by atoms with E-state index in [1.165, 1.54) is 0 Å². The van der Waals surface area contributed by atoms with Crippen LogP contribution in [0, 0.1) is 17.5 Å². The molecule has 0 saturated carbocycles. The quantitative estimate of drug-likeness (QED) is 0.681. The average Bonchev–Trinajstić information content (AvgIpc) is 2.28. The zero-order valence-corrected chi connectivity index (χ0v) is 8.20. The molecule has 1 N–H and O–H groups in total. The van der Waals surface area contributed by atoms with Gasteiger partial charge in [0.15, 0.2) is 17.5 Å². The van der Waals surface area contributed by atoms with Gasteiger partial charge in [0.05, 0.1) is 0 Å². The average molecular weight is 226 g/mol. The zero-order valence-electron chi connectivity index (χ0n) is 8.20. The number of hydrogen-bond donors (Lipinski definition) is 1. The number of halogens is 3. The summed E-state index contributed by atoms with van der Waals surface area (Å²) in [5, 5.41) is 8.63. The molecule has 0 atom stereocenters. The maximum atomic E-state index is 12.0. The Morgan fingerprint density at radius 3 is 1.50 bits per heavy atom. The summed E-state index contributed by atoms with van der Waals surface area (Å²) in [4.78, 5) is 0. The number of phenolic OH excluding ortho intramolecular Hbond substituents is 1. The third-order valence-electron chi connectivity index (χ3n) is 1.66. The van der Waals surface area contributed by atoms with Gasteiger partial charge in [0, 0.05) is 0 Å². The van der Waals surface area contributed by atoms with E-state index in [9.17, 15) is 13.2 Å². The first kappa shape index (κ1) is 12.1. The van der Waals surface area contributed by atoms with E-state index in [1.54, 1.807) is 24.3 Å². The Labute approximate surface area is 90.8 Å². The molecule has 0 aliphatic heterocycles. The Balaban J connectivity index is 0.000000165. The summed E-state index contributed by atoms with van der Waals surface area (Å²) < 4.78 is 35.9. The highest BCUT2D eigenvalue weighted by Crippen LogP contribution is 2.07. The van der Waals surface area contributed by atoms with Crippen LogP contribution >= 0.6 is 0 Å². The van der Waals surface area contributed by atoms with Crippen LogP contribution < -0.4 is 0 Å². The van der Waals surface area contributed by atoms with Crippen molar-refractivity contribution in [1.82, 2.24) is 0 Å². The molecular formula is C12H9F3O. The molecule has 0 amide bonds. The highest BCUT2D eigenvalue weighted by atomic mass is 19.2. The molecule has 0 aliphatic rings. The van der Waals surface area contributed by atoms with Crippen LogP contribution in [0.5, 0.6) is 5.75 Å². The van der Waals surface area contributed by atoms with Gasteiger partial charge in [0.1, 0.15) is 5.75 Å². The third kappa shape index (κ3) is 3.65. The summed E-state index contributed by atoms with van der Waals surface area (Å²) in [5.41, 5.74) is 0. The Morgan fingerprint density at radius 1 is 0.688 bits per heavy atom. The number of hydrogen-bond acceptors (Lipinski definition) is 1. The van der Waals surface area contributed by atoms with E-state index >= 15 is 0 Å². The van der Waals surface area contributed by atoms with Crippen LogP contribution in [0.25, 0.3) is 0 Å². The Hall–Kier alpha value is -1.97. The van der Waals surface area contributed by atoms with Crippen LogP contribution in [0.15, 0.2) is 48.5 Å². The lowest BCUT2D eigenvalue weighted by Crippen LogP contribution is -1.86. The molecule has 16 heavy (non-hydrogen) atoms. The van der Waals surface area contributed by atoms with E-state index in [0.29, 0.717) is 5.75 Å². The van der Waals surface area contributed by atoms with E-state index in [0.717, 1.165) is 18.2 Å². The second-order valence-electron chi connectivity index (χ2n) is 2.87. The molecular weight excluding hydrogens is 217 g/mol. The third-order valence-corrected chi connectivity index (χ3v) is 1.66. The SMILES string of the molecule is Fc1cccc(F)c1F.Oc1ccccc1. The van der Waals surface area contributed by atoms with Gasteiger partial charge in [0.25, 0.3) is 0 Å². The lowest BCUT2D eigenvalue weighted by Gasteiger charge is -1.90. The standard InChI is InChI=1S/C6H3F3.C6H6O/c7-4-2-1-3-5(8)6(4)9;7-6-4-2-1-3-5-6/h1-3H;1-5,7H. The van der Waals surface area contributed by atoms with Crippen molar-refractivity contribution < 1.29 is 18.3 Å². The van der Waals surface area contributed by atoms with Crippen molar-refractivity contribution in [1.29, 1.82) is 0 Å². The smallest absolute Gasteiger partial charge is 0.194 e. The maximum Gasteiger partial charge on any atom is 0.194 e. The van der Waals surface area contributed by atoms with Gasteiger partial charge >= 0.3 is 0 Å². The van der Waals surface area contributed by atoms with Crippen molar-refractivity contribution in [2.75, 3.05) is 0 Å². The van der Waals surface area contributed by atoms with Crippen molar-refractivity contribution in [3.63, 3.8) is 0 Å². The van der Waals surface area contributed by atoms with Gasteiger partial charge in [-0.15, -0.1) is 0 Å². The van der Waals surface area contributed by atoms with E-state index in [2.05, 4.69) is 0 Å². The van der Waals surface area contributed by atoms with E-state index < -0.39 is 17.5 Å². The zero-order chi connectivity index (χ0) is 12.0. The van der Waals surface area contributed by atoms with Crippen molar-refractivity contribution in [3.05, 3.63) is 66.0 Å². The van der Waals surface area contributed by atoms with Gasteiger partial charge < -0.3 is 5.11 Å². The van der Waals surface area contributed by atoms with Gasteiger partial charge in [-0.05, 0) is 24.3 Å². The van der Waals surface area contributed by atoms with Crippen LogP contribution in [-0.2, 0) is 0 Å². The highest BCUT2D eigenvalue weighted by Gasteiger charge is 2.04. The Morgan fingerprint density at radius 2 is 1.19 bits per heavy atom. The molecule has 0 fully saturated rings. The van der Waals surface area contributed by atoms with E-state index in [4.69, 9.17) is 5.11 Å². The fraction of sp³-hybridized carbons (Fsp3) is 0. The maximum absolute atomic E-state index is 12.0. The van der Waals surface area contributed by atoms with Gasteiger partial charge in [-0.25, -0.2) is 13.2 Å². The van der Waals surface area contributed by atoms with Crippen LogP contribution in [-0.4, -0.2) is 5.11 Å². The van der Waals surface area contributed by atoms with Crippen molar-refractivity contribution in [2.45, 2.75) is 0 Å². The number of benzene rings is 2. The molecule has 0 aromatic heterocycles. The van der Waals surface area contributed by atoms with Crippen LogP contribution in [0.1, 0.15) is 0 Å². The molecule has 0 aliphatic carbocycles. The minimum absolute atomic E-state index is 0.322. The predicted octanol–water partition coefficient (Wildman–Crippen LogP) is 3.50. The van der Waals surface area contributed by atoms with Crippen molar-refractivity contribution in [3.8, 4) is 5.75 Å². The Kier molecular flexibility index (Phi) is 4.39. The van der Waals surface area contributed by atoms with Gasteiger partial charge in [-0.3, -0.25) is 0 Å². The number of aromatic hydroxyl groups is 1. The van der Waals surface area contributed by atoms with Crippen LogP contribution in [0.3, 0.4) is 0 Å². The summed E-state index contributed by atoms with van der Waals surface area (Å²) in [5.74, 6) is -3.41. The van der Waals surface area contributed by atoms with Gasteiger partial charge in [-0.2, -0.15) is 0 Å². The van der Waals surface area contributed by atoms with E-state index in [1.807, 2.05) is 6.07 Å². The molecule has 2 aromatic rings. The number of para-hydroxylation sites is 1. The lowest BCUT2D eigenvalue weighted by atomic mass is 10.3. The van der Waals surface area contributed by atoms with Crippen LogP contribution in [0.2, 0.25) is 0 Å². The minimum Gasteiger partial charge on any atom is -0.508 e. The first-order valence-electron chi connectivity index (χ1n) is 4.45. The summed E-state index contributed by atoms with van der Waals surface area (Å²) in [6, 6.07) is 11.5. The predicted molar refractivity (Wildman–Crippen MR) is 54.4 cm³/mol. The molecule has 0 unspecified atom stereocenters. The first-order valence-corrected chi connectivity index (χ1v) is 4.45. The lowest BCUT2D eigenvalue weighted by molar-refractivity contribution is 0.447. The van der Waals surface area contributed by atoms with Gasteiger partial charge in [0.2, 0.25) is 0 Å². The molecule has 84 valence electrons. The van der Waals surface area contributed by atoms with Crippen LogP contribution in [0.4, 0.5) is 13.2 Å². The molecule has 0 radical (unpaired) electrons. The van der Waals surface area contributed by atoms with Crippen molar-refractivity contribution >= 4 is 0 Å². The summed E-state index contributed by atoms with van der Waals surface area (Å²) in [7, 11) is 0. The fourth-order valence-corrected chi connectivity index (χ4v) is 0.905. The largest absolute Gasteiger partial charge is 0.508 e. The second kappa shape index (κ2) is 5.80. The fourth-order valence-electron chi connectivity index (χ4n) is 0.905. The first-order chi connectivity index (χ1) is 7.61. The Bertz CT molecular complexity index is 423.